The highest BCUT2D eigenvalue weighted by atomic mass is 16.5. The van der Waals surface area contributed by atoms with Gasteiger partial charge in [-0.3, -0.25) is 4.99 Å². The van der Waals surface area contributed by atoms with Crippen LogP contribution in [-0.2, 0) is 0 Å². The Bertz CT molecular complexity index is 1530. The number of hydrogen-bond acceptors (Lipinski definition) is 3. The highest BCUT2D eigenvalue weighted by molar-refractivity contribution is 6.02. The van der Waals surface area contributed by atoms with Crippen molar-refractivity contribution in [2.75, 3.05) is 7.11 Å². The summed E-state index contributed by atoms with van der Waals surface area (Å²) in [5.74, 6) is 2.72. The zero-order chi connectivity index (χ0) is 29.7. The van der Waals surface area contributed by atoms with Gasteiger partial charge in [-0.1, -0.05) is 88.8 Å². The third-order valence-corrected chi connectivity index (χ3v) is 8.94. The van der Waals surface area contributed by atoms with E-state index in [1.165, 1.54) is 16.7 Å². The number of fused-ring (bicyclic) bond motifs is 1. The number of nitrogens with zero attached hydrogens (tertiary/aromatic N) is 1. The fourth-order valence-corrected chi connectivity index (χ4v) is 6.13. The monoisotopic (exact) mass is 552 g/mol. The van der Waals surface area contributed by atoms with Crippen molar-refractivity contribution in [1.29, 1.82) is 0 Å². The zero-order valence-electron chi connectivity index (χ0n) is 26.2. The number of aliphatic imine (C=N–C) groups is 1. The number of H-pyrrole nitrogens is 1. The average molecular weight is 553 g/mol. The number of benzene rings is 1. The first-order chi connectivity index (χ1) is 19.7. The van der Waals surface area contributed by atoms with Crippen molar-refractivity contribution in [3.63, 3.8) is 0 Å². The summed E-state index contributed by atoms with van der Waals surface area (Å²) in [5, 5.41) is 13.1. The number of rotatable bonds is 10. The highest BCUT2D eigenvalue weighted by Gasteiger charge is 2.28. The molecule has 1 heterocycles. The number of hydrogen-bond donors (Lipinski definition) is 2. The summed E-state index contributed by atoms with van der Waals surface area (Å²) in [7, 11) is 1.74. The number of aromatic nitrogens is 1. The van der Waals surface area contributed by atoms with Crippen LogP contribution >= 0.6 is 0 Å². The first-order valence-corrected chi connectivity index (χ1v) is 15.3. The fraction of sp³-hybridized carbons (Fsp3) is 0.432. The average Bonchev–Trinajstić information content (AvgIpc) is 3.16. The van der Waals surface area contributed by atoms with Crippen molar-refractivity contribution in [3.8, 4) is 11.6 Å². The molecule has 0 amide bonds. The number of nitrogens with one attached hydrogen (secondary N) is 1. The summed E-state index contributed by atoms with van der Waals surface area (Å²) in [4.78, 5) is 8.31. The van der Waals surface area contributed by atoms with Gasteiger partial charge in [-0.25, -0.2) is 0 Å². The second kappa shape index (κ2) is 13.4. The maximum absolute atomic E-state index is 11.1. The molecule has 0 aliphatic heterocycles. The highest BCUT2D eigenvalue weighted by Crippen LogP contribution is 2.40. The van der Waals surface area contributed by atoms with Crippen molar-refractivity contribution >= 4 is 23.9 Å². The molecule has 0 saturated carbocycles. The molecule has 0 radical (unpaired) electrons. The van der Waals surface area contributed by atoms with Gasteiger partial charge < -0.3 is 14.8 Å². The zero-order valence-corrected chi connectivity index (χ0v) is 26.2. The molecule has 1 aromatic carbocycles. The van der Waals surface area contributed by atoms with Crippen molar-refractivity contribution in [1.82, 2.24) is 4.98 Å². The normalized spacial score (nSPS) is 20.0. The van der Waals surface area contributed by atoms with Crippen molar-refractivity contribution < 1.29 is 9.84 Å². The van der Waals surface area contributed by atoms with Gasteiger partial charge in [-0.2, -0.15) is 0 Å². The summed E-state index contributed by atoms with van der Waals surface area (Å²) < 4.78 is 5.86. The second-order valence-corrected chi connectivity index (χ2v) is 11.8. The Morgan fingerprint density at radius 1 is 1.17 bits per heavy atom. The molecule has 4 rings (SSSR count). The molecule has 3 unspecified atom stereocenters. The summed E-state index contributed by atoms with van der Waals surface area (Å²) in [5.41, 5.74) is 7.79. The summed E-state index contributed by atoms with van der Waals surface area (Å²) >= 11 is 0. The van der Waals surface area contributed by atoms with Crippen LogP contribution in [0.25, 0.3) is 18.2 Å². The minimum atomic E-state index is 0.107. The first-order valence-electron chi connectivity index (χ1n) is 15.3. The molecule has 218 valence electrons. The maximum Gasteiger partial charge on any atom is 0.198 e. The Morgan fingerprint density at radius 3 is 2.61 bits per heavy atom. The Morgan fingerprint density at radius 2 is 1.95 bits per heavy atom. The number of aromatic hydroxyl groups is 1. The Kier molecular flexibility index (Phi) is 9.96. The van der Waals surface area contributed by atoms with Crippen LogP contribution in [0.15, 0.2) is 64.3 Å². The van der Waals surface area contributed by atoms with Gasteiger partial charge in [0.25, 0.3) is 0 Å². The van der Waals surface area contributed by atoms with Crippen molar-refractivity contribution in [3.05, 3.63) is 86.6 Å². The van der Waals surface area contributed by atoms with E-state index in [9.17, 15) is 5.11 Å². The van der Waals surface area contributed by atoms with Gasteiger partial charge in [0.15, 0.2) is 5.88 Å². The van der Waals surface area contributed by atoms with E-state index in [1.807, 2.05) is 26.0 Å². The van der Waals surface area contributed by atoms with E-state index < -0.39 is 0 Å². The lowest BCUT2D eigenvalue weighted by Crippen LogP contribution is -2.34. The SMILES string of the molecule is C/C=C/c1cccc(OC)c1C1C=c2c(C(C)=NC3=CCC(CC)=C(CC(C)C(C)C)C=C3)c(O)[nH]c2=CC1CC. The second-order valence-electron chi connectivity index (χ2n) is 11.8. The first kappa shape index (κ1) is 30.4. The van der Waals surface area contributed by atoms with Gasteiger partial charge >= 0.3 is 0 Å². The van der Waals surface area contributed by atoms with E-state index in [1.54, 1.807) is 7.11 Å². The fourth-order valence-electron chi connectivity index (χ4n) is 6.13. The smallest absolute Gasteiger partial charge is 0.198 e. The molecular formula is C37H48N2O2. The minimum Gasteiger partial charge on any atom is -0.496 e. The molecule has 0 saturated heterocycles. The predicted octanol–water partition coefficient (Wildman–Crippen LogP) is 8.19. The summed E-state index contributed by atoms with van der Waals surface area (Å²) in [6.07, 6.45) is 19.5. The van der Waals surface area contributed by atoms with Crippen LogP contribution in [0.5, 0.6) is 11.6 Å². The Hall–Kier alpha value is -3.53. The quantitative estimate of drug-likeness (QED) is 0.292. The Labute approximate surface area is 246 Å². The van der Waals surface area contributed by atoms with Crippen LogP contribution in [-0.4, -0.2) is 22.9 Å². The molecule has 0 spiro atoms. The van der Waals surface area contributed by atoms with Gasteiger partial charge in [0, 0.05) is 22.0 Å². The molecule has 0 bridgehead atoms. The number of ether oxygens (including phenoxy) is 1. The van der Waals surface area contributed by atoms with Crippen LogP contribution in [0.2, 0.25) is 0 Å². The molecule has 2 aliphatic carbocycles. The van der Waals surface area contributed by atoms with Gasteiger partial charge in [0.2, 0.25) is 0 Å². The molecule has 41 heavy (non-hydrogen) atoms. The van der Waals surface area contributed by atoms with Gasteiger partial charge in [-0.15, -0.1) is 0 Å². The number of allylic oxidation sites excluding steroid dienone is 6. The maximum atomic E-state index is 11.1. The van der Waals surface area contributed by atoms with E-state index in [4.69, 9.17) is 9.73 Å². The van der Waals surface area contributed by atoms with Crippen LogP contribution in [0.3, 0.4) is 0 Å². The lowest BCUT2D eigenvalue weighted by atomic mass is 9.78. The van der Waals surface area contributed by atoms with E-state index in [2.05, 4.69) is 88.2 Å². The molecule has 2 aromatic rings. The van der Waals surface area contributed by atoms with Crippen molar-refractivity contribution in [2.24, 2.45) is 22.7 Å². The van der Waals surface area contributed by atoms with E-state index in [-0.39, 0.29) is 17.7 Å². The third kappa shape index (κ3) is 6.53. The molecule has 2 aliphatic rings. The summed E-state index contributed by atoms with van der Waals surface area (Å²) in [6, 6.07) is 6.23. The van der Waals surface area contributed by atoms with Crippen LogP contribution in [0.4, 0.5) is 0 Å². The molecular weight excluding hydrogens is 504 g/mol. The van der Waals surface area contributed by atoms with Gasteiger partial charge in [0.05, 0.1) is 24.1 Å². The molecule has 2 N–H and O–H groups in total. The summed E-state index contributed by atoms with van der Waals surface area (Å²) in [6.45, 7) is 15.5. The third-order valence-electron chi connectivity index (χ3n) is 8.94. The Balaban J connectivity index is 1.77. The van der Waals surface area contributed by atoms with Crippen LogP contribution in [0.1, 0.15) is 96.8 Å². The lowest BCUT2D eigenvalue weighted by Gasteiger charge is -2.26. The van der Waals surface area contributed by atoms with Crippen LogP contribution < -0.4 is 15.3 Å². The molecule has 3 atom stereocenters. The minimum absolute atomic E-state index is 0.107. The topological polar surface area (TPSA) is 57.6 Å². The number of methoxy groups -OCH3 is 1. The van der Waals surface area contributed by atoms with Crippen LogP contribution in [0, 0.1) is 17.8 Å². The number of aromatic amines is 1. The van der Waals surface area contributed by atoms with E-state index in [0.29, 0.717) is 11.8 Å². The van der Waals surface area contributed by atoms with E-state index in [0.717, 1.165) is 64.5 Å². The molecule has 0 fully saturated rings. The lowest BCUT2D eigenvalue weighted by molar-refractivity contribution is 0.404. The van der Waals surface area contributed by atoms with E-state index >= 15 is 0 Å². The van der Waals surface area contributed by atoms with Crippen molar-refractivity contribution in [2.45, 2.75) is 80.1 Å². The largest absolute Gasteiger partial charge is 0.496 e. The standard InChI is InChI=1S/C37H48N2O2/c1-9-13-28-14-12-15-34(41-8)36(28)31-22-32-33(21-27(31)11-3)39-37(40)35(32)25(7)38-30-18-16-26(10-2)29(17-19-30)20-24(6)23(4)5/h9,12-15,17-19,21-24,27,31,39-40H,10-11,16,20H2,1-8H3/b13-9+,38-25?. The van der Waals surface area contributed by atoms with Gasteiger partial charge in [-0.05, 0) is 80.6 Å². The predicted molar refractivity (Wildman–Crippen MR) is 175 cm³/mol. The molecule has 4 heteroatoms. The molecule has 1 aromatic heterocycles. The van der Waals surface area contributed by atoms with Gasteiger partial charge in [0.1, 0.15) is 5.75 Å². The molecule has 4 nitrogen and oxygen atoms in total.